The highest BCUT2D eigenvalue weighted by Gasteiger charge is 2.14. The molecule has 5 nitrogen and oxygen atoms in total. The third-order valence-electron chi connectivity index (χ3n) is 4.58. The van der Waals surface area contributed by atoms with E-state index in [1.807, 2.05) is 0 Å². The van der Waals surface area contributed by atoms with Crippen LogP contribution in [0.15, 0.2) is 0 Å². The van der Waals surface area contributed by atoms with Crippen LogP contribution in [-0.4, -0.2) is 44.8 Å². The van der Waals surface area contributed by atoms with E-state index >= 15 is 0 Å². The first kappa shape index (κ1) is 19.8. The van der Waals surface area contributed by atoms with Gasteiger partial charge in [-0.2, -0.15) is 0 Å². The fraction of sp³-hybridized carbons (Fsp3) is 0.947. The van der Waals surface area contributed by atoms with Gasteiger partial charge in [-0.05, 0) is 64.2 Å². The third-order valence-corrected chi connectivity index (χ3v) is 4.58. The lowest BCUT2D eigenvalue weighted by molar-refractivity contribution is -0.162. The van der Waals surface area contributed by atoms with Crippen molar-refractivity contribution in [2.75, 3.05) is 26.4 Å². The molecule has 2 aliphatic rings. The van der Waals surface area contributed by atoms with E-state index in [0.29, 0.717) is 31.8 Å². The first-order valence-corrected chi connectivity index (χ1v) is 9.83. The summed E-state index contributed by atoms with van der Waals surface area (Å²) >= 11 is 0. The second-order valence-corrected chi connectivity index (χ2v) is 6.79. The molecule has 2 heterocycles. The molecule has 24 heavy (non-hydrogen) atoms. The molecule has 0 saturated carbocycles. The normalized spacial score (nSPS) is 24.8. The quantitative estimate of drug-likeness (QED) is 0.502. The second-order valence-electron chi connectivity index (χ2n) is 6.79. The minimum Gasteiger partial charge on any atom is -0.353 e. The Hall–Kier alpha value is -0.490. The van der Waals surface area contributed by atoms with Crippen LogP contribution in [0.5, 0.6) is 0 Å². The van der Waals surface area contributed by atoms with Crippen LogP contribution in [-0.2, 0) is 23.7 Å². The van der Waals surface area contributed by atoms with Crippen molar-refractivity contribution in [3.63, 3.8) is 0 Å². The molecule has 0 aromatic rings. The standard InChI is InChI=1S/C19H34O5/c20-17(9-1-5-13-21-18-11-3-7-15-23-18)10-2-6-14-22-19-12-4-8-16-24-19/h18-19H,1-16H2. The zero-order valence-corrected chi connectivity index (χ0v) is 15.0. The number of hydrogen-bond acceptors (Lipinski definition) is 5. The molecule has 2 saturated heterocycles. The van der Waals surface area contributed by atoms with E-state index in [1.165, 1.54) is 12.8 Å². The number of carbonyl (C=O) groups excluding carboxylic acids is 1. The molecule has 0 spiro atoms. The SMILES string of the molecule is O=C(CCCCOC1CCCCO1)CCCCOC1CCCCO1. The number of Topliss-reactive ketones (excluding diaryl/α,β-unsaturated/α-hetero) is 1. The van der Waals surface area contributed by atoms with Crippen molar-refractivity contribution < 1.29 is 23.7 Å². The molecule has 0 N–H and O–H groups in total. The average Bonchev–Trinajstić information content (AvgIpc) is 2.63. The van der Waals surface area contributed by atoms with Crippen LogP contribution in [0.4, 0.5) is 0 Å². The minimum atomic E-state index is -0.0115. The Balaban J connectivity index is 1.34. The van der Waals surface area contributed by atoms with Gasteiger partial charge in [0, 0.05) is 39.3 Å². The van der Waals surface area contributed by atoms with Gasteiger partial charge < -0.3 is 18.9 Å². The maximum atomic E-state index is 11.8. The molecule has 5 heteroatoms. The van der Waals surface area contributed by atoms with E-state index in [9.17, 15) is 4.79 Å². The highest BCUT2D eigenvalue weighted by molar-refractivity contribution is 5.78. The van der Waals surface area contributed by atoms with Gasteiger partial charge in [0.1, 0.15) is 5.78 Å². The van der Waals surface area contributed by atoms with E-state index in [-0.39, 0.29) is 12.6 Å². The topological polar surface area (TPSA) is 54.0 Å². The number of carbonyl (C=O) groups is 1. The molecular weight excluding hydrogens is 308 g/mol. The summed E-state index contributed by atoms with van der Waals surface area (Å²) in [6, 6.07) is 0. The molecule has 2 unspecified atom stereocenters. The van der Waals surface area contributed by atoms with Gasteiger partial charge in [-0.15, -0.1) is 0 Å². The molecule has 140 valence electrons. The average molecular weight is 342 g/mol. The number of rotatable bonds is 12. The predicted molar refractivity (Wildman–Crippen MR) is 91.8 cm³/mol. The van der Waals surface area contributed by atoms with Crippen molar-refractivity contribution in [2.45, 2.75) is 89.6 Å². The van der Waals surface area contributed by atoms with Crippen molar-refractivity contribution in [3.8, 4) is 0 Å². The highest BCUT2D eigenvalue weighted by Crippen LogP contribution is 2.15. The summed E-state index contributed by atoms with van der Waals surface area (Å²) < 4.78 is 22.4. The largest absolute Gasteiger partial charge is 0.353 e. The van der Waals surface area contributed by atoms with E-state index in [4.69, 9.17) is 18.9 Å². The summed E-state index contributed by atoms with van der Waals surface area (Å²) in [7, 11) is 0. The molecule has 0 aliphatic carbocycles. The van der Waals surface area contributed by atoms with Crippen LogP contribution in [0.2, 0.25) is 0 Å². The third kappa shape index (κ3) is 9.11. The van der Waals surface area contributed by atoms with Gasteiger partial charge in [0.2, 0.25) is 0 Å². The molecule has 2 atom stereocenters. The first-order valence-electron chi connectivity index (χ1n) is 9.83. The molecule has 2 aliphatic heterocycles. The first-order chi connectivity index (χ1) is 11.8. The number of ketones is 1. The van der Waals surface area contributed by atoms with Gasteiger partial charge in [0.25, 0.3) is 0 Å². The lowest BCUT2D eigenvalue weighted by Gasteiger charge is -2.22. The molecular formula is C19H34O5. The Kier molecular flexibility index (Phi) is 10.6. The summed E-state index contributed by atoms with van der Waals surface area (Å²) in [6.45, 7) is 3.04. The van der Waals surface area contributed by atoms with Gasteiger partial charge in [0.15, 0.2) is 12.6 Å². The monoisotopic (exact) mass is 342 g/mol. The van der Waals surface area contributed by atoms with Crippen LogP contribution in [0, 0.1) is 0 Å². The number of ether oxygens (including phenoxy) is 4. The van der Waals surface area contributed by atoms with Crippen LogP contribution in [0.1, 0.15) is 77.0 Å². The van der Waals surface area contributed by atoms with Crippen molar-refractivity contribution >= 4 is 5.78 Å². The summed E-state index contributed by atoms with van der Waals surface area (Å²) in [5.74, 6) is 0.359. The molecule has 2 rings (SSSR count). The molecule has 0 aromatic heterocycles. The van der Waals surface area contributed by atoms with Crippen molar-refractivity contribution in [1.82, 2.24) is 0 Å². The lowest BCUT2D eigenvalue weighted by Crippen LogP contribution is -2.22. The lowest BCUT2D eigenvalue weighted by atomic mass is 10.1. The maximum Gasteiger partial charge on any atom is 0.157 e. The van der Waals surface area contributed by atoms with Gasteiger partial charge in [-0.3, -0.25) is 4.79 Å². The van der Waals surface area contributed by atoms with E-state index in [0.717, 1.165) is 64.6 Å². The number of hydrogen-bond donors (Lipinski definition) is 0. The van der Waals surface area contributed by atoms with Crippen LogP contribution in [0.3, 0.4) is 0 Å². The minimum absolute atomic E-state index is 0.0115. The van der Waals surface area contributed by atoms with Gasteiger partial charge >= 0.3 is 0 Å². The summed E-state index contributed by atoms with van der Waals surface area (Å²) in [4.78, 5) is 11.8. The second kappa shape index (κ2) is 12.8. The van der Waals surface area contributed by atoms with Crippen molar-refractivity contribution in [2.24, 2.45) is 0 Å². The number of unbranched alkanes of at least 4 members (excludes halogenated alkanes) is 2. The Morgan fingerprint density at radius 2 is 1.25 bits per heavy atom. The zero-order valence-electron chi connectivity index (χ0n) is 15.0. The van der Waals surface area contributed by atoms with E-state index < -0.39 is 0 Å². The van der Waals surface area contributed by atoms with Gasteiger partial charge in [0.05, 0.1) is 0 Å². The van der Waals surface area contributed by atoms with Crippen LogP contribution in [0.25, 0.3) is 0 Å². The van der Waals surface area contributed by atoms with Crippen LogP contribution < -0.4 is 0 Å². The Bertz CT molecular complexity index is 292. The van der Waals surface area contributed by atoms with Gasteiger partial charge in [-0.1, -0.05) is 0 Å². The zero-order chi connectivity index (χ0) is 16.9. The Labute approximate surface area is 146 Å². The van der Waals surface area contributed by atoms with Crippen LogP contribution >= 0.6 is 0 Å². The fourth-order valence-electron chi connectivity index (χ4n) is 3.09. The Morgan fingerprint density at radius 1 is 0.750 bits per heavy atom. The summed E-state index contributed by atoms with van der Waals surface area (Å²) in [6.07, 6.45) is 11.7. The van der Waals surface area contributed by atoms with Crippen molar-refractivity contribution in [3.05, 3.63) is 0 Å². The molecule has 0 bridgehead atoms. The highest BCUT2D eigenvalue weighted by atomic mass is 16.7. The summed E-state index contributed by atoms with van der Waals surface area (Å²) in [5, 5.41) is 0. The predicted octanol–water partition coefficient (Wildman–Crippen LogP) is 3.98. The van der Waals surface area contributed by atoms with E-state index in [1.54, 1.807) is 0 Å². The van der Waals surface area contributed by atoms with E-state index in [2.05, 4.69) is 0 Å². The molecule has 0 amide bonds. The van der Waals surface area contributed by atoms with Crippen molar-refractivity contribution in [1.29, 1.82) is 0 Å². The summed E-state index contributed by atoms with van der Waals surface area (Å²) in [5.41, 5.74) is 0. The maximum absolute atomic E-state index is 11.8. The fourth-order valence-corrected chi connectivity index (χ4v) is 3.09. The molecule has 0 radical (unpaired) electrons. The molecule has 0 aromatic carbocycles. The van der Waals surface area contributed by atoms with Gasteiger partial charge in [-0.25, -0.2) is 0 Å². The smallest absolute Gasteiger partial charge is 0.157 e. The molecule has 2 fully saturated rings. The Morgan fingerprint density at radius 3 is 1.67 bits per heavy atom.